The quantitative estimate of drug-likeness (QED) is 0.666. The molecule has 2 heterocycles. The fourth-order valence-electron chi connectivity index (χ4n) is 5.07. The standard InChI is InChI=1S/C27H28N2O3/c1-17(2)32-25-12-4-3-7-23(25)21-9-5-10-22-20(21)8-6-11-24(22)27(31)29-15-18-13-26(30)28-14-19(18)16-29/h3-12,17-19H,13-16H2,1-2H3,(H,28,30)/t18-,19+/m1/s1. The highest BCUT2D eigenvalue weighted by atomic mass is 16.5. The summed E-state index contributed by atoms with van der Waals surface area (Å²) in [4.78, 5) is 27.2. The first-order chi connectivity index (χ1) is 15.5. The van der Waals surface area contributed by atoms with E-state index < -0.39 is 0 Å². The third-order valence-corrected chi connectivity index (χ3v) is 6.57. The Hall–Kier alpha value is -3.34. The van der Waals surface area contributed by atoms with E-state index in [0.717, 1.165) is 27.6 Å². The van der Waals surface area contributed by atoms with Gasteiger partial charge in [-0.05, 0) is 54.2 Å². The number of benzene rings is 3. The van der Waals surface area contributed by atoms with E-state index in [2.05, 4.69) is 23.5 Å². The van der Waals surface area contributed by atoms with Gasteiger partial charge < -0.3 is 15.0 Å². The third kappa shape index (κ3) is 3.72. The second-order valence-electron chi connectivity index (χ2n) is 9.11. The number of piperidine rings is 1. The van der Waals surface area contributed by atoms with E-state index in [0.29, 0.717) is 37.5 Å². The zero-order valence-electron chi connectivity index (χ0n) is 18.5. The van der Waals surface area contributed by atoms with Crippen molar-refractivity contribution in [3.8, 4) is 16.9 Å². The van der Waals surface area contributed by atoms with E-state index in [1.165, 1.54) is 0 Å². The lowest BCUT2D eigenvalue weighted by Gasteiger charge is -2.23. The van der Waals surface area contributed by atoms with E-state index >= 15 is 0 Å². The van der Waals surface area contributed by atoms with E-state index in [1.54, 1.807) is 0 Å². The number of fused-ring (bicyclic) bond motifs is 2. The number of carbonyl (C=O) groups excluding carboxylic acids is 2. The van der Waals surface area contributed by atoms with Gasteiger partial charge in [-0.3, -0.25) is 9.59 Å². The predicted octanol–water partition coefficient (Wildman–Crippen LogP) is 4.50. The molecular formula is C27H28N2O3. The molecular weight excluding hydrogens is 400 g/mol. The molecule has 0 bridgehead atoms. The molecule has 2 fully saturated rings. The van der Waals surface area contributed by atoms with E-state index in [9.17, 15) is 9.59 Å². The molecule has 5 nitrogen and oxygen atoms in total. The minimum Gasteiger partial charge on any atom is -0.490 e. The average molecular weight is 429 g/mol. The molecule has 2 aliphatic heterocycles. The topological polar surface area (TPSA) is 58.6 Å². The van der Waals surface area contributed by atoms with Crippen molar-refractivity contribution < 1.29 is 14.3 Å². The number of hydrogen-bond donors (Lipinski definition) is 1. The summed E-state index contributed by atoms with van der Waals surface area (Å²) < 4.78 is 6.06. The van der Waals surface area contributed by atoms with Gasteiger partial charge in [0, 0.05) is 37.2 Å². The summed E-state index contributed by atoms with van der Waals surface area (Å²) >= 11 is 0. The highest BCUT2D eigenvalue weighted by Crippen LogP contribution is 2.37. The number of amides is 2. The van der Waals surface area contributed by atoms with Crippen LogP contribution in [0.25, 0.3) is 21.9 Å². The molecule has 0 unspecified atom stereocenters. The van der Waals surface area contributed by atoms with Crippen molar-refractivity contribution >= 4 is 22.6 Å². The Morgan fingerprint density at radius 1 is 0.938 bits per heavy atom. The largest absolute Gasteiger partial charge is 0.490 e. The van der Waals surface area contributed by atoms with Crippen LogP contribution in [-0.4, -0.2) is 42.5 Å². The number of carbonyl (C=O) groups is 2. The van der Waals surface area contributed by atoms with E-state index in [1.807, 2.05) is 61.2 Å². The minimum absolute atomic E-state index is 0.0429. The molecule has 164 valence electrons. The summed E-state index contributed by atoms with van der Waals surface area (Å²) in [6.07, 6.45) is 0.587. The number of likely N-dealkylation sites (tertiary alicyclic amines) is 1. The van der Waals surface area contributed by atoms with Crippen molar-refractivity contribution in [1.29, 1.82) is 0 Å². The summed E-state index contributed by atoms with van der Waals surface area (Å²) in [5.74, 6) is 1.59. The van der Waals surface area contributed by atoms with Crippen LogP contribution in [0.1, 0.15) is 30.6 Å². The zero-order valence-corrected chi connectivity index (χ0v) is 18.5. The van der Waals surface area contributed by atoms with Crippen LogP contribution in [0, 0.1) is 11.8 Å². The highest BCUT2D eigenvalue weighted by molar-refractivity contribution is 6.10. The lowest BCUT2D eigenvalue weighted by atomic mass is 9.89. The van der Waals surface area contributed by atoms with Gasteiger partial charge in [0.05, 0.1) is 6.10 Å². The van der Waals surface area contributed by atoms with Crippen molar-refractivity contribution in [1.82, 2.24) is 10.2 Å². The molecule has 1 N–H and O–H groups in total. The Kier molecular flexibility index (Phi) is 5.33. The van der Waals surface area contributed by atoms with Crippen LogP contribution in [-0.2, 0) is 4.79 Å². The molecule has 5 rings (SSSR count). The van der Waals surface area contributed by atoms with Gasteiger partial charge in [-0.15, -0.1) is 0 Å². The summed E-state index contributed by atoms with van der Waals surface area (Å²) in [6, 6.07) is 20.1. The number of ether oxygens (including phenoxy) is 1. The second kappa shape index (κ2) is 8.30. The Bertz CT molecular complexity index is 1190. The monoisotopic (exact) mass is 428 g/mol. The third-order valence-electron chi connectivity index (χ3n) is 6.57. The fraction of sp³-hybridized carbons (Fsp3) is 0.333. The lowest BCUT2D eigenvalue weighted by molar-refractivity contribution is -0.124. The first kappa shape index (κ1) is 20.6. The molecule has 2 aliphatic rings. The van der Waals surface area contributed by atoms with Gasteiger partial charge >= 0.3 is 0 Å². The molecule has 3 aromatic carbocycles. The summed E-state index contributed by atoms with van der Waals surface area (Å²) in [5, 5.41) is 4.91. The first-order valence-corrected chi connectivity index (χ1v) is 11.3. The molecule has 0 spiro atoms. The van der Waals surface area contributed by atoms with Gasteiger partial charge in [0.15, 0.2) is 0 Å². The van der Waals surface area contributed by atoms with Crippen LogP contribution < -0.4 is 10.1 Å². The maximum absolute atomic E-state index is 13.5. The minimum atomic E-state index is 0.0429. The van der Waals surface area contributed by atoms with Crippen LogP contribution in [0.2, 0.25) is 0 Å². The van der Waals surface area contributed by atoms with E-state index in [4.69, 9.17) is 4.74 Å². The Morgan fingerprint density at radius 3 is 2.50 bits per heavy atom. The molecule has 32 heavy (non-hydrogen) atoms. The molecule has 3 aromatic rings. The number of nitrogens with one attached hydrogen (secondary N) is 1. The van der Waals surface area contributed by atoms with Crippen molar-refractivity contribution in [2.75, 3.05) is 19.6 Å². The summed E-state index contributed by atoms with van der Waals surface area (Å²) in [5.41, 5.74) is 2.79. The number of nitrogens with zero attached hydrogens (tertiary/aromatic N) is 1. The van der Waals surface area contributed by atoms with Crippen LogP contribution in [0.3, 0.4) is 0 Å². The maximum Gasteiger partial charge on any atom is 0.254 e. The first-order valence-electron chi connectivity index (χ1n) is 11.3. The van der Waals surface area contributed by atoms with Crippen LogP contribution in [0.5, 0.6) is 5.75 Å². The van der Waals surface area contributed by atoms with Crippen molar-refractivity contribution in [2.24, 2.45) is 11.8 Å². The Balaban J connectivity index is 1.52. The van der Waals surface area contributed by atoms with Gasteiger partial charge in [-0.2, -0.15) is 0 Å². The molecule has 5 heteroatoms. The molecule has 2 amide bonds. The van der Waals surface area contributed by atoms with Gasteiger partial charge in [0.2, 0.25) is 5.91 Å². The number of rotatable bonds is 4. The lowest BCUT2D eigenvalue weighted by Crippen LogP contribution is -2.40. The number of para-hydroxylation sites is 1. The zero-order chi connectivity index (χ0) is 22.2. The highest BCUT2D eigenvalue weighted by Gasteiger charge is 2.39. The van der Waals surface area contributed by atoms with Crippen molar-refractivity contribution in [3.05, 3.63) is 66.2 Å². The molecule has 0 aliphatic carbocycles. The summed E-state index contributed by atoms with van der Waals surface area (Å²) in [6.45, 7) is 6.06. The molecule has 0 aromatic heterocycles. The smallest absolute Gasteiger partial charge is 0.254 e. The second-order valence-corrected chi connectivity index (χ2v) is 9.11. The molecule has 0 saturated carbocycles. The molecule has 0 radical (unpaired) electrons. The van der Waals surface area contributed by atoms with E-state index in [-0.39, 0.29) is 23.8 Å². The Labute approximate surface area is 188 Å². The average Bonchev–Trinajstić information content (AvgIpc) is 3.21. The SMILES string of the molecule is CC(C)Oc1ccccc1-c1cccc2c(C(=O)N3C[C@H]4CC(=O)NC[C@H]4C3)cccc12. The molecule has 2 atom stereocenters. The predicted molar refractivity (Wildman–Crippen MR) is 126 cm³/mol. The normalized spacial score (nSPS) is 20.3. The number of hydrogen-bond acceptors (Lipinski definition) is 3. The fourth-order valence-corrected chi connectivity index (χ4v) is 5.07. The van der Waals surface area contributed by atoms with Gasteiger partial charge in [0.25, 0.3) is 5.91 Å². The van der Waals surface area contributed by atoms with Crippen molar-refractivity contribution in [3.63, 3.8) is 0 Å². The summed E-state index contributed by atoms with van der Waals surface area (Å²) in [7, 11) is 0. The van der Waals surface area contributed by atoms with Gasteiger partial charge in [-0.25, -0.2) is 0 Å². The Morgan fingerprint density at radius 2 is 1.66 bits per heavy atom. The van der Waals surface area contributed by atoms with Crippen LogP contribution >= 0.6 is 0 Å². The van der Waals surface area contributed by atoms with Gasteiger partial charge in [0.1, 0.15) is 5.75 Å². The van der Waals surface area contributed by atoms with Gasteiger partial charge in [-0.1, -0.05) is 48.5 Å². The molecule has 2 saturated heterocycles. The van der Waals surface area contributed by atoms with Crippen LogP contribution in [0.15, 0.2) is 60.7 Å². The van der Waals surface area contributed by atoms with Crippen LogP contribution in [0.4, 0.5) is 0 Å². The maximum atomic E-state index is 13.5. The van der Waals surface area contributed by atoms with Crippen molar-refractivity contribution in [2.45, 2.75) is 26.4 Å².